The predicted molar refractivity (Wildman–Crippen MR) is 78.4 cm³/mol. The zero-order valence-corrected chi connectivity index (χ0v) is 11.9. The fourth-order valence-corrected chi connectivity index (χ4v) is 2.09. The molecule has 1 aromatic rings. The van der Waals surface area contributed by atoms with Gasteiger partial charge in [-0.05, 0) is 49.5 Å². The van der Waals surface area contributed by atoms with Crippen molar-refractivity contribution in [2.75, 3.05) is 4.90 Å². The van der Waals surface area contributed by atoms with Crippen molar-refractivity contribution >= 4 is 52.2 Å². The second kappa shape index (κ2) is 5.52. The summed E-state index contributed by atoms with van der Waals surface area (Å²) in [5, 5.41) is 2.84. The summed E-state index contributed by atoms with van der Waals surface area (Å²) in [6, 6.07) is 6.37. The van der Waals surface area contributed by atoms with Crippen LogP contribution in [-0.4, -0.2) is 22.7 Å². The van der Waals surface area contributed by atoms with Crippen LogP contribution in [0.25, 0.3) is 0 Å². The topological polar surface area (TPSA) is 66.5 Å². The molecule has 0 aliphatic carbocycles. The summed E-state index contributed by atoms with van der Waals surface area (Å²) in [7, 11) is 0. The van der Waals surface area contributed by atoms with Crippen LogP contribution in [-0.2, 0) is 14.4 Å². The summed E-state index contributed by atoms with van der Waals surface area (Å²) < 4.78 is 0. The lowest BCUT2D eigenvalue weighted by atomic mass is 10.1. The lowest BCUT2D eigenvalue weighted by molar-refractivity contribution is -0.123. The molecule has 2 amide bonds. The Kier molecular flexibility index (Phi) is 3.96. The van der Waals surface area contributed by atoms with E-state index in [-0.39, 0.29) is 10.7 Å². The highest BCUT2D eigenvalue weighted by Gasteiger charge is 2.34. The fourth-order valence-electron chi connectivity index (χ4n) is 1.69. The van der Waals surface area contributed by atoms with Crippen molar-refractivity contribution in [3.8, 4) is 0 Å². The van der Waals surface area contributed by atoms with E-state index in [0.29, 0.717) is 10.7 Å². The first kappa shape index (κ1) is 14.4. The van der Waals surface area contributed by atoms with Crippen LogP contribution in [0.15, 0.2) is 35.9 Å². The monoisotopic (exact) mass is 308 g/mol. The van der Waals surface area contributed by atoms with Crippen LogP contribution in [0.4, 0.5) is 5.69 Å². The van der Waals surface area contributed by atoms with Crippen LogP contribution in [0.5, 0.6) is 0 Å². The highest BCUT2D eigenvalue weighted by atomic mass is 35.5. The van der Waals surface area contributed by atoms with E-state index in [0.717, 1.165) is 11.0 Å². The van der Waals surface area contributed by atoms with Crippen LogP contribution in [0.3, 0.4) is 0 Å². The number of halogens is 1. The molecule has 0 unspecified atom stereocenters. The first-order valence-corrected chi connectivity index (χ1v) is 6.36. The molecule has 0 bridgehead atoms. The number of amides is 2. The highest BCUT2D eigenvalue weighted by molar-refractivity contribution is 7.80. The van der Waals surface area contributed by atoms with E-state index in [1.165, 1.54) is 6.92 Å². The maximum absolute atomic E-state index is 12.3. The number of hydrogen-bond acceptors (Lipinski definition) is 4. The molecule has 1 heterocycles. The smallest absolute Gasteiger partial charge is 0.270 e. The first-order chi connectivity index (χ1) is 9.40. The summed E-state index contributed by atoms with van der Waals surface area (Å²) in [4.78, 5) is 36.2. The number of hydrogen-bond donors (Lipinski definition) is 1. The van der Waals surface area contributed by atoms with E-state index in [4.69, 9.17) is 23.8 Å². The molecule has 2 rings (SSSR count). The lowest BCUT2D eigenvalue weighted by Crippen LogP contribution is -2.54. The van der Waals surface area contributed by atoms with Crippen molar-refractivity contribution in [2.24, 2.45) is 0 Å². The third-order valence-electron chi connectivity index (χ3n) is 2.53. The van der Waals surface area contributed by atoms with Crippen molar-refractivity contribution in [1.82, 2.24) is 5.32 Å². The SMILES string of the molecule is CC(=O)C=C1C(=O)NC(=S)N(c2ccc(Cl)cc2)C1=O. The number of benzene rings is 1. The molecule has 0 atom stereocenters. The third-order valence-corrected chi connectivity index (χ3v) is 3.07. The molecule has 5 nitrogen and oxygen atoms in total. The fraction of sp³-hybridized carbons (Fsp3) is 0.0769. The molecule has 0 aromatic heterocycles. The number of rotatable bonds is 2. The highest BCUT2D eigenvalue weighted by Crippen LogP contribution is 2.22. The Hall–Kier alpha value is -2.05. The van der Waals surface area contributed by atoms with Crippen LogP contribution in [0.2, 0.25) is 5.02 Å². The van der Waals surface area contributed by atoms with Gasteiger partial charge in [-0.15, -0.1) is 0 Å². The van der Waals surface area contributed by atoms with Crippen LogP contribution < -0.4 is 10.2 Å². The Balaban J connectivity index is 2.45. The van der Waals surface area contributed by atoms with E-state index in [9.17, 15) is 14.4 Å². The standard InChI is InChI=1S/C13H9ClN2O3S/c1-7(17)6-10-11(18)15-13(20)16(12(10)19)9-4-2-8(14)3-5-9/h2-6H,1H3,(H,15,18,20). The molecule has 20 heavy (non-hydrogen) atoms. The molecule has 1 N–H and O–H groups in total. The minimum Gasteiger partial charge on any atom is -0.298 e. The molecule has 1 aliphatic heterocycles. The zero-order valence-electron chi connectivity index (χ0n) is 10.3. The quantitative estimate of drug-likeness (QED) is 0.512. The van der Waals surface area contributed by atoms with Crippen molar-refractivity contribution in [3.05, 3.63) is 40.9 Å². The van der Waals surface area contributed by atoms with Crippen molar-refractivity contribution < 1.29 is 14.4 Å². The van der Waals surface area contributed by atoms with Gasteiger partial charge in [0.2, 0.25) is 0 Å². The molecule has 0 spiro atoms. The zero-order chi connectivity index (χ0) is 14.9. The van der Waals surface area contributed by atoms with Crippen LogP contribution >= 0.6 is 23.8 Å². The molecule has 0 radical (unpaired) electrons. The number of carbonyl (C=O) groups excluding carboxylic acids is 3. The number of anilines is 1. The Labute approximate surface area is 125 Å². The summed E-state index contributed by atoms with van der Waals surface area (Å²) in [5.74, 6) is -1.72. The summed E-state index contributed by atoms with van der Waals surface area (Å²) in [6.07, 6.45) is 0.988. The van der Waals surface area contributed by atoms with Gasteiger partial charge in [0.05, 0.1) is 5.69 Å². The predicted octanol–water partition coefficient (Wildman–Crippen LogP) is 1.60. The molecular weight excluding hydrogens is 300 g/mol. The van der Waals surface area contributed by atoms with Gasteiger partial charge in [0, 0.05) is 5.02 Å². The second-order valence-corrected chi connectivity index (χ2v) is 4.87. The van der Waals surface area contributed by atoms with Gasteiger partial charge < -0.3 is 0 Å². The second-order valence-electron chi connectivity index (χ2n) is 4.04. The number of allylic oxidation sites excluding steroid dienone is 1. The van der Waals surface area contributed by atoms with Crippen molar-refractivity contribution in [1.29, 1.82) is 0 Å². The molecule has 0 saturated carbocycles. The van der Waals surface area contributed by atoms with Crippen LogP contribution in [0.1, 0.15) is 6.92 Å². The van der Waals surface area contributed by atoms with Gasteiger partial charge >= 0.3 is 0 Å². The molecule has 1 saturated heterocycles. The number of nitrogens with zero attached hydrogens (tertiary/aromatic N) is 1. The van der Waals surface area contributed by atoms with Gasteiger partial charge in [-0.3, -0.25) is 24.6 Å². The average molecular weight is 309 g/mol. The van der Waals surface area contributed by atoms with Gasteiger partial charge in [0.25, 0.3) is 11.8 Å². The Morgan fingerprint density at radius 3 is 2.45 bits per heavy atom. The van der Waals surface area contributed by atoms with Gasteiger partial charge in [0.1, 0.15) is 5.57 Å². The molecular formula is C13H9ClN2O3S. The maximum Gasteiger partial charge on any atom is 0.270 e. The normalized spacial score (nSPS) is 17.4. The van der Waals surface area contributed by atoms with Gasteiger partial charge in [0.15, 0.2) is 10.9 Å². The van der Waals surface area contributed by atoms with Gasteiger partial charge in [-0.25, -0.2) is 0 Å². The summed E-state index contributed by atoms with van der Waals surface area (Å²) in [6.45, 7) is 1.26. The van der Waals surface area contributed by atoms with E-state index in [1.54, 1.807) is 24.3 Å². The maximum atomic E-state index is 12.3. The van der Waals surface area contributed by atoms with Gasteiger partial charge in [-0.1, -0.05) is 11.6 Å². The number of thiocarbonyl (C=S) groups is 1. The first-order valence-electron chi connectivity index (χ1n) is 5.58. The lowest BCUT2D eigenvalue weighted by Gasteiger charge is -2.28. The van der Waals surface area contributed by atoms with Crippen molar-refractivity contribution in [2.45, 2.75) is 6.92 Å². The number of carbonyl (C=O) groups is 3. The summed E-state index contributed by atoms with van der Waals surface area (Å²) >= 11 is 10.8. The minimum atomic E-state index is -0.680. The molecule has 1 aromatic carbocycles. The third kappa shape index (κ3) is 2.76. The molecule has 7 heteroatoms. The van der Waals surface area contributed by atoms with Gasteiger partial charge in [-0.2, -0.15) is 0 Å². The minimum absolute atomic E-state index is 0.0389. The molecule has 1 fully saturated rings. The van der Waals surface area contributed by atoms with E-state index < -0.39 is 17.6 Å². The molecule has 102 valence electrons. The Morgan fingerprint density at radius 2 is 1.90 bits per heavy atom. The van der Waals surface area contributed by atoms with E-state index >= 15 is 0 Å². The number of ketones is 1. The number of nitrogens with one attached hydrogen (secondary N) is 1. The van der Waals surface area contributed by atoms with E-state index in [2.05, 4.69) is 5.32 Å². The largest absolute Gasteiger partial charge is 0.298 e. The molecule has 1 aliphatic rings. The van der Waals surface area contributed by atoms with Crippen LogP contribution in [0, 0.1) is 0 Å². The average Bonchev–Trinajstić information content (AvgIpc) is 2.36. The van der Waals surface area contributed by atoms with Crippen molar-refractivity contribution in [3.63, 3.8) is 0 Å². The Morgan fingerprint density at radius 1 is 1.30 bits per heavy atom. The van der Waals surface area contributed by atoms with E-state index in [1.807, 2.05) is 0 Å². The Bertz CT molecular complexity index is 652. The summed E-state index contributed by atoms with van der Waals surface area (Å²) in [5.41, 5.74) is 0.208.